The zero-order valence-electron chi connectivity index (χ0n) is 10.7. The Labute approximate surface area is 107 Å². The highest BCUT2D eigenvalue weighted by Gasteiger charge is 2.15. The van der Waals surface area contributed by atoms with Gasteiger partial charge in [0, 0.05) is 26.6 Å². The second kappa shape index (κ2) is 6.76. The summed E-state index contributed by atoms with van der Waals surface area (Å²) >= 11 is 0. The van der Waals surface area contributed by atoms with Gasteiger partial charge in [-0.25, -0.2) is 0 Å². The predicted octanol–water partition coefficient (Wildman–Crippen LogP) is 0.281. The van der Waals surface area contributed by atoms with Crippen LogP contribution in [-0.4, -0.2) is 37.4 Å². The lowest BCUT2D eigenvalue weighted by atomic mass is 10.0. The van der Waals surface area contributed by atoms with E-state index in [2.05, 4.69) is 5.32 Å². The molecule has 0 spiro atoms. The first kappa shape index (κ1) is 14.2. The third-order valence-electron chi connectivity index (χ3n) is 2.61. The van der Waals surface area contributed by atoms with E-state index in [1.807, 2.05) is 30.3 Å². The van der Waals surface area contributed by atoms with Crippen LogP contribution >= 0.6 is 0 Å². The smallest absolute Gasteiger partial charge is 0.236 e. The van der Waals surface area contributed by atoms with Crippen LogP contribution in [0.5, 0.6) is 0 Å². The Kier molecular flexibility index (Phi) is 5.32. The van der Waals surface area contributed by atoms with E-state index in [1.54, 1.807) is 14.1 Å². The molecule has 1 unspecified atom stereocenters. The molecule has 3 N–H and O–H groups in total. The van der Waals surface area contributed by atoms with Gasteiger partial charge in [0.05, 0.1) is 6.54 Å². The molecule has 18 heavy (non-hydrogen) atoms. The molecule has 1 aromatic rings. The summed E-state index contributed by atoms with van der Waals surface area (Å²) in [6.45, 7) is 0.180. The zero-order chi connectivity index (χ0) is 13.5. The first-order chi connectivity index (χ1) is 8.50. The molecular weight excluding hydrogens is 230 g/mol. The molecule has 5 heteroatoms. The van der Waals surface area contributed by atoms with E-state index in [9.17, 15) is 9.59 Å². The fourth-order valence-electron chi connectivity index (χ4n) is 1.56. The Hall–Kier alpha value is -1.88. The highest BCUT2D eigenvalue weighted by Crippen LogP contribution is 2.15. The average Bonchev–Trinajstić information content (AvgIpc) is 2.34. The van der Waals surface area contributed by atoms with Gasteiger partial charge in [0.25, 0.3) is 0 Å². The quantitative estimate of drug-likeness (QED) is 0.760. The van der Waals surface area contributed by atoms with Crippen molar-refractivity contribution in [1.82, 2.24) is 10.2 Å². The van der Waals surface area contributed by atoms with Crippen LogP contribution < -0.4 is 11.1 Å². The van der Waals surface area contributed by atoms with Gasteiger partial charge in [-0.05, 0) is 5.56 Å². The lowest BCUT2D eigenvalue weighted by Gasteiger charge is -2.19. The molecule has 0 saturated heterocycles. The van der Waals surface area contributed by atoms with Crippen LogP contribution in [0.1, 0.15) is 18.0 Å². The molecule has 1 aromatic carbocycles. The number of carbonyl (C=O) groups excluding carboxylic acids is 2. The number of benzene rings is 1. The van der Waals surface area contributed by atoms with E-state index in [0.29, 0.717) is 0 Å². The highest BCUT2D eigenvalue weighted by atomic mass is 16.2. The number of nitrogens with one attached hydrogen (secondary N) is 1. The molecule has 0 aliphatic heterocycles. The van der Waals surface area contributed by atoms with E-state index in [0.717, 1.165) is 5.56 Å². The van der Waals surface area contributed by atoms with Crippen molar-refractivity contribution in [1.29, 1.82) is 0 Å². The number of amides is 2. The number of likely N-dealkylation sites (N-methyl/N-ethyl adjacent to an activating group) is 1. The van der Waals surface area contributed by atoms with E-state index in [4.69, 9.17) is 5.73 Å². The Bertz CT molecular complexity index is 404. The molecule has 1 rings (SSSR count). The van der Waals surface area contributed by atoms with E-state index >= 15 is 0 Å². The summed E-state index contributed by atoms with van der Waals surface area (Å²) in [6, 6.07) is 9.25. The highest BCUT2D eigenvalue weighted by molar-refractivity contribution is 5.78. The third-order valence-corrected chi connectivity index (χ3v) is 2.61. The minimum atomic E-state index is -0.395. The molecule has 1 atom stereocenters. The molecule has 0 saturated carbocycles. The van der Waals surface area contributed by atoms with Crippen molar-refractivity contribution in [3.8, 4) is 0 Å². The summed E-state index contributed by atoms with van der Waals surface area (Å²) in [5.74, 6) is -0.436. The molecule has 0 bridgehead atoms. The summed E-state index contributed by atoms with van der Waals surface area (Å²) in [7, 11) is 3.38. The Morgan fingerprint density at radius 1 is 1.28 bits per heavy atom. The largest absolute Gasteiger partial charge is 0.370 e. The van der Waals surface area contributed by atoms with Crippen LogP contribution in [0, 0.1) is 0 Å². The predicted molar refractivity (Wildman–Crippen MR) is 69.7 cm³/mol. The lowest BCUT2D eigenvalue weighted by Crippen LogP contribution is -2.36. The monoisotopic (exact) mass is 249 g/mol. The average molecular weight is 249 g/mol. The first-order valence-corrected chi connectivity index (χ1v) is 5.77. The van der Waals surface area contributed by atoms with Gasteiger partial charge >= 0.3 is 0 Å². The van der Waals surface area contributed by atoms with Crippen molar-refractivity contribution in [3.05, 3.63) is 35.9 Å². The van der Waals surface area contributed by atoms with Gasteiger partial charge in [-0.15, -0.1) is 0 Å². The zero-order valence-corrected chi connectivity index (χ0v) is 10.7. The molecule has 0 aliphatic carbocycles. The molecule has 98 valence electrons. The molecule has 5 nitrogen and oxygen atoms in total. The topological polar surface area (TPSA) is 75.4 Å². The summed E-state index contributed by atoms with van der Waals surface area (Å²) in [6.07, 6.45) is 0.171. The summed E-state index contributed by atoms with van der Waals surface area (Å²) in [4.78, 5) is 24.1. The SMILES string of the molecule is CN(C)C(=O)CNC(CC(N)=O)c1ccccc1. The van der Waals surface area contributed by atoms with Gasteiger partial charge in [0.15, 0.2) is 0 Å². The molecule has 0 aromatic heterocycles. The van der Waals surface area contributed by atoms with Crippen molar-refractivity contribution in [3.63, 3.8) is 0 Å². The van der Waals surface area contributed by atoms with Gasteiger partial charge in [-0.2, -0.15) is 0 Å². The lowest BCUT2D eigenvalue weighted by molar-refractivity contribution is -0.128. The van der Waals surface area contributed by atoms with Crippen molar-refractivity contribution >= 4 is 11.8 Å². The van der Waals surface area contributed by atoms with Crippen molar-refractivity contribution in [2.75, 3.05) is 20.6 Å². The van der Waals surface area contributed by atoms with Gasteiger partial charge in [-0.3, -0.25) is 9.59 Å². The summed E-state index contributed by atoms with van der Waals surface area (Å²) in [5.41, 5.74) is 6.17. The molecule has 0 radical (unpaired) electrons. The molecule has 2 amide bonds. The van der Waals surface area contributed by atoms with Gasteiger partial charge < -0.3 is 16.0 Å². The fraction of sp³-hybridized carbons (Fsp3) is 0.385. The molecule has 0 aliphatic rings. The van der Waals surface area contributed by atoms with Crippen LogP contribution in [0.25, 0.3) is 0 Å². The number of carbonyl (C=O) groups is 2. The third kappa shape index (κ3) is 4.55. The fourth-order valence-corrected chi connectivity index (χ4v) is 1.56. The first-order valence-electron chi connectivity index (χ1n) is 5.77. The van der Waals surface area contributed by atoms with Crippen molar-refractivity contribution < 1.29 is 9.59 Å². The van der Waals surface area contributed by atoms with Gasteiger partial charge in [-0.1, -0.05) is 30.3 Å². The normalized spacial score (nSPS) is 11.9. The molecule has 0 fully saturated rings. The number of nitrogens with two attached hydrogens (primary N) is 1. The minimum absolute atomic E-state index is 0.0413. The van der Waals surface area contributed by atoms with Crippen LogP contribution in [0.4, 0.5) is 0 Å². The molecular formula is C13H19N3O2. The second-order valence-corrected chi connectivity index (χ2v) is 4.30. The van der Waals surface area contributed by atoms with Crippen LogP contribution in [0.2, 0.25) is 0 Å². The summed E-state index contributed by atoms with van der Waals surface area (Å²) in [5, 5.41) is 3.06. The van der Waals surface area contributed by atoms with E-state index < -0.39 is 5.91 Å². The second-order valence-electron chi connectivity index (χ2n) is 4.30. The number of hydrogen-bond acceptors (Lipinski definition) is 3. The number of hydrogen-bond donors (Lipinski definition) is 2. The Morgan fingerprint density at radius 2 is 1.89 bits per heavy atom. The minimum Gasteiger partial charge on any atom is -0.370 e. The van der Waals surface area contributed by atoms with E-state index in [-0.39, 0.29) is 24.9 Å². The molecule has 0 heterocycles. The van der Waals surface area contributed by atoms with Crippen LogP contribution in [0.3, 0.4) is 0 Å². The maximum absolute atomic E-state index is 11.5. The maximum Gasteiger partial charge on any atom is 0.236 e. The number of nitrogens with zero attached hydrogens (tertiary/aromatic N) is 1. The number of rotatable bonds is 6. The van der Waals surface area contributed by atoms with Crippen LogP contribution in [0.15, 0.2) is 30.3 Å². The summed E-state index contributed by atoms with van der Waals surface area (Å²) < 4.78 is 0. The van der Waals surface area contributed by atoms with Crippen LogP contribution in [-0.2, 0) is 9.59 Å². The van der Waals surface area contributed by atoms with Crippen molar-refractivity contribution in [2.24, 2.45) is 5.73 Å². The van der Waals surface area contributed by atoms with Crippen molar-refractivity contribution in [2.45, 2.75) is 12.5 Å². The standard InChI is InChI=1S/C13H19N3O2/c1-16(2)13(18)9-15-11(8-12(14)17)10-6-4-3-5-7-10/h3-7,11,15H,8-9H2,1-2H3,(H2,14,17). The maximum atomic E-state index is 11.5. The Balaban J connectivity index is 2.68. The number of primary amides is 1. The van der Waals surface area contributed by atoms with Gasteiger partial charge in [0.1, 0.15) is 0 Å². The Morgan fingerprint density at radius 3 is 2.39 bits per heavy atom. The van der Waals surface area contributed by atoms with Gasteiger partial charge in [0.2, 0.25) is 11.8 Å². The van der Waals surface area contributed by atoms with E-state index in [1.165, 1.54) is 4.90 Å².